The summed E-state index contributed by atoms with van der Waals surface area (Å²) in [6, 6.07) is 9.35. The standard InChI is InChI=1S/C17H23N3O3/c21-15(12-14-6-2-1-3-7-14)19-13-16(22)18-9-8-17(23)20-10-4-5-11-20/h1-3,6-7H,4-5,8-13H2,(H,18,22)(H,19,21). The molecule has 1 saturated heterocycles. The summed E-state index contributed by atoms with van der Waals surface area (Å²) in [5.74, 6) is -0.393. The molecule has 0 aromatic heterocycles. The molecule has 1 aliphatic rings. The van der Waals surface area contributed by atoms with Gasteiger partial charge in [0, 0.05) is 26.1 Å². The Morgan fingerprint density at radius 3 is 2.35 bits per heavy atom. The van der Waals surface area contributed by atoms with E-state index in [0.29, 0.717) is 13.0 Å². The SMILES string of the molecule is O=C(CNC(=O)Cc1ccccc1)NCCC(=O)N1CCCC1. The monoisotopic (exact) mass is 317 g/mol. The number of nitrogens with zero attached hydrogens (tertiary/aromatic N) is 1. The van der Waals surface area contributed by atoms with Crippen LogP contribution in [0.2, 0.25) is 0 Å². The summed E-state index contributed by atoms with van der Waals surface area (Å²) in [6.45, 7) is 1.89. The van der Waals surface area contributed by atoms with Gasteiger partial charge in [-0.2, -0.15) is 0 Å². The van der Waals surface area contributed by atoms with Crippen molar-refractivity contribution in [2.24, 2.45) is 0 Å². The molecule has 124 valence electrons. The van der Waals surface area contributed by atoms with Crippen molar-refractivity contribution in [3.63, 3.8) is 0 Å². The van der Waals surface area contributed by atoms with E-state index in [1.165, 1.54) is 0 Å². The first kappa shape index (κ1) is 17.0. The lowest BCUT2D eigenvalue weighted by Crippen LogP contribution is -2.39. The molecular weight excluding hydrogens is 294 g/mol. The van der Waals surface area contributed by atoms with Crippen molar-refractivity contribution in [1.82, 2.24) is 15.5 Å². The van der Waals surface area contributed by atoms with E-state index in [1.54, 1.807) is 0 Å². The second kappa shape index (κ2) is 8.92. The Labute approximate surface area is 136 Å². The number of likely N-dealkylation sites (tertiary alicyclic amines) is 1. The number of benzene rings is 1. The molecule has 1 heterocycles. The predicted molar refractivity (Wildman–Crippen MR) is 86.6 cm³/mol. The summed E-state index contributed by atoms with van der Waals surface area (Å²) in [7, 11) is 0. The molecule has 2 N–H and O–H groups in total. The number of nitrogens with one attached hydrogen (secondary N) is 2. The molecule has 23 heavy (non-hydrogen) atoms. The molecule has 1 aromatic carbocycles. The molecule has 2 rings (SSSR count). The van der Waals surface area contributed by atoms with Gasteiger partial charge in [-0.1, -0.05) is 30.3 Å². The highest BCUT2D eigenvalue weighted by atomic mass is 16.2. The lowest BCUT2D eigenvalue weighted by Gasteiger charge is -2.15. The first-order valence-corrected chi connectivity index (χ1v) is 8.00. The third-order valence-corrected chi connectivity index (χ3v) is 3.77. The van der Waals surface area contributed by atoms with E-state index in [1.807, 2.05) is 35.2 Å². The molecule has 0 radical (unpaired) electrons. The summed E-state index contributed by atoms with van der Waals surface area (Å²) in [6.07, 6.45) is 2.68. The smallest absolute Gasteiger partial charge is 0.239 e. The summed E-state index contributed by atoms with van der Waals surface area (Å²) in [5, 5.41) is 5.23. The van der Waals surface area contributed by atoms with Gasteiger partial charge in [0.25, 0.3) is 0 Å². The van der Waals surface area contributed by atoms with Crippen LogP contribution < -0.4 is 10.6 Å². The van der Waals surface area contributed by atoms with Crippen molar-refractivity contribution in [3.8, 4) is 0 Å². The minimum atomic E-state index is -0.277. The summed E-state index contributed by atoms with van der Waals surface area (Å²) >= 11 is 0. The van der Waals surface area contributed by atoms with Crippen molar-refractivity contribution in [2.75, 3.05) is 26.2 Å². The zero-order valence-corrected chi connectivity index (χ0v) is 13.2. The van der Waals surface area contributed by atoms with Gasteiger partial charge >= 0.3 is 0 Å². The first-order valence-electron chi connectivity index (χ1n) is 8.00. The fourth-order valence-electron chi connectivity index (χ4n) is 2.52. The maximum Gasteiger partial charge on any atom is 0.239 e. The van der Waals surface area contributed by atoms with Gasteiger partial charge in [-0.3, -0.25) is 14.4 Å². The summed E-state index contributed by atoms with van der Waals surface area (Å²) < 4.78 is 0. The van der Waals surface area contributed by atoms with E-state index in [2.05, 4.69) is 10.6 Å². The normalized spacial score (nSPS) is 13.7. The van der Waals surface area contributed by atoms with Crippen LogP contribution in [0.5, 0.6) is 0 Å². The number of carbonyl (C=O) groups is 3. The highest BCUT2D eigenvalue weighted by Gasteiger charge is 2.17. The minimum absolute atomic E-state index is 0.0659. The quantitative estimate of drug-likeness (QED) is 0.767. The maximum absolute atomic E-state index is 11.8. The molecule has 1 aromatic rings. The van der Waals surface area contributed by atoms with E-state index in [0.717, 1.165) is 31.5 Å². The Morgan fingerprint density at radius 1 is 0.957 bits per heavy atom. The Morgan fingerprint density at radius 2 is 1.65 bits per heavy atom. The van der Waals surface area contributed by atoms with Gasteiger partial charge in [0.15, 0.2) is 0 Å². The molecular formula is C17H23N3O3. The Bertz CT molecular complexity index is 539. The number of amides is 3. The zero-order chi connectivity index (χ0) is 16.5. The van der Waals surface area contributed by atoms with Gasteiger partial charge in [-0.15, -0.1) is 0 Å². The fraction of sp³-hybridized carbons (Fsp3) is 0.471. The second-order valence-electron chi connectivity index (χ2n) is 5.63. The Hall–Kier alpha value is -2.37. The number of hydrogen-bond acceptors (Lipinski definition) is 3. The number of hydrogen-bond donors (Lipinski definition) is 2. The first-order chi connectivity index (χ1) is 11.1. The van der Waals surface area contributed by atoms with Gasteiger partial charge in [0.1, 0.15) is 0 Å². The van der Waals surface area contributed by atoms with E-state index in [9.17, 15) is 14.4 Å². The lowest BCUT2D eigenvalue weighted by molar-refractivity contribution is -0.130. The van der Waals surface area contributed by atoms with Gasteiger partial charge < -0.3 is 15.5 Å². The van der Waals surface area contributed by atoms with Gasteiger partial charge in [-0.25, -0.2) is 0 Å². The van der Waals surface area contributed by atoms with Crippen molar-refractivity contribution < 1.29 is 14.4 Å². The van der Waals surface area contributed by atoms with E-state index in [-0.39, 0.29) is 30.7 Å². The number of rotatable bonds is 7. The summed E-state index contributed by atoms with van der Waals surface area (Å²) in [5.41, 5.74) is 0.904. The zero-order valence-electron chi connectivity index (χ0n) is 13.2. The lowest BCUT2D eigenvalue weighted by atomic mass is 10.1. The molecule has 0 spiro atoms. The predicted octanol–water partition coefficient (Wildman–Crippen LogP) is 0.474. The Kier molecular flexibility index (Phi) is 6.59. The van der Waals surface area contributed by atoms with Crippen LogP contribution in [-0.2, 0) is 20.8 Å². The highest BCUT2D eigenvalue weighted by Crippen LogP contribution is 2.08. The molecule has 0 atom stereocenters. The molecule has 0 aliphatic carbocycles. The molecule has 6 nitrogen and oxygen atoms in total. The van der Waals surface area contributed by atoms with Crippen molar-refractivity contribution in [1.29, 1.82) is 0 Å². The fourth-order valence-corrected chi connectivity index (χ4v) is 2.52. The summed E-state index contributed by atoms with van der Waals surface area (Å²) in [4.78, 5) is 37.0. The van der Waals surface area contributed by atoms with Crippen molar-refractivity contribution in [3.05, 3.63) is 35.9 Å². The van der Waals surface area contributed by atoms with E-state index < -0.39 is 0 Å². The second-order valence-corrected chi connectivity index (χ2v) is 5.63. The van der Waals surface area contributed by atoms with Crippen LogP contribution in [0.25, 0.3) is 0 Å². The van der Waals surface area contributed by atoms with Crippen LogP contribution >= 0.6 is 0 Å². The largest absolute Gasteiger partial charge is 0.354 e. The van der Waals surface area contributed by atoms with Crippen LogP contribution in [0.3, 0.4) is 0 Å². The molecule has 0 bridgehead atoms. The van der Waals surface area contributed by atoms with Crippen molar-refractivity contribution >= 4 is 17.7 Å². The van der Waals surface area contributed by atoms with Gasteiger partial charge in [0.2, 0.25) is 17.7 Å². The van der Waals surface area contributed by atoms with Crippen LogP contribution in [0.4, 0.5) is 0 Å². The van der Waals surface area contributed by atoms with E-state index in [4.69, 9.17) is 0 Å². The maximum atomic E-state index is 11.8. The average molecular weight is 317 g/mol. The van der Waals surface area contributed by atoms with E-state index >= 15 is 0 Å². The van der Waals surface area contributed by atoms with Crippen LogP contribution in [0, 0.1) is 0 Å². The number of carbonyl (C=O) groups excluding carboxylic acids is 3. The molecule has 1 fully saturated rings. The molecule has 0 unspecified atom stereocenters. The van der Waals surface area contributed by atoms with Crippen LogP contribution in [-0.4, -0.2) is 48.8 Å². The van der Waals surface area contributed by atoms with Crippen molar-refractivity contribution in [2.45, 2.75) is 25.7 Å². The van der Waals surface area contributed by atoms with Gasteiger partial charge in [-0.05, 0) is 18.4 Å². The molecule has 3 amide bonds. The van der Waals surface area contributed by atoms with Gasteiger partial charge in [0.05, 0.1) is 13.0 Å². The molecule has 0 saturated carbocycles. The molecule has 1 aliphatic heterocycles. The molecule has 6 heteroatoms. The minimum Gasteiger partial charge on any atom is -0.354 e. The average Bonchev–Trinajstić information content (AvgIpc) is 3.08. The van der Waals surface area contributed by atoms with Crippen LogP contribution in [0.15, 0.2) is 30.3 Å². The topological polar surface area (TPSA) is 78.5 Å². The third-order valence-electron chi connectivity index (χ3n) is 3.77. The third kappa shape index (κ3) is 6.10. The highest BCUT2D eigenvalue weighted by molar-refractivity contribution is 5.86. The Balaban J connectivity index is 1.57. The van der Waals surface area contributed by atoms with Crippen LogP contribution in [0.1, 0.15) is 24.8 Å².